The Hall–Kier alpha value is -0.580. The summed E-state index contributed by atoms with van der Waals surface area (Å²) in [6.07, 6.45) is 3.93. The molecule has 0 spiro atoms. The quantitative estimate of drug-likeness (QED) is 0.825. The Labute approximate surface area is 107 Å². The Morgan fingerprint density at radius 1 is 1.44 bits per heavy atom. The summed E-state index contributed by atoms with van der Waals surface area (Å²) in [7, 11) is 0. The Kier molecular flexibility index (Phi) is 5.25. The lowest BCUT2D eigenvalue weighted by atomic mass is 9.97. The summed E-state index contributed by atoms with van der Waals surface area (Å²) in [6.45, 7) is 2.73. The molecule has 4 nitrogen and oxygen atoms in total. The molecule has 2 N–H and O–H groups in total. The van der Waals surface area contributed by atoms with E-state index in [0.717, 1.165) is 38.4 Å². The lowest BCUT2D eigenvalue weighted by Gasteiger charge is -2.31. The molecule has 0 amide bonds. The molecule has 16 heavy (non-hydrogen) atoms. The zero-order valence-electron chi connectivity index (χ0n) is 8.97. The van der Waals surface area contributed by atoms with Gasteiger partial charge in [0, 0.05) is 19.3 Å². The fourth-order valence-electron chi connectivity index (χ4n) is 1.85. The molecule has 0 aliphatic carbocycles. The van der Waals surface area contributed by atoms with Crippen molar-refractivity contribution in [2.24, 2.45) is 11.7 Å². The Morgan fingerprint density at radius 3 is 2.69 bits per heavy atom. The van der Waals surface area contributed by atoms with Crippen LogP contribution in [0.5, 0.6) is 0 Å². The van der Waals surface area contributed by atoms with Crippen LogP contribution in [0.15, 0.2) is 12.3 Å². The van der Waals surface area contributed by atoms with Gasteiger partial charge in [-0.1, -0.05) is 11.6 Å². The average Bonchev–Trinajstić information content (AvgIpc) is 2.29. The molecule has 0 bridgehead atoms. The van der Waals surface area contributed by atoms with Gasteiger partial charge in [-0.2, -0.15) is 0 Å². The third-order valence-electron chi connectivity index (χ3n) is 2.84. The number of hydrogen-bond acceptors (Lipinski definition) is 4. The summed E-state index contributed by atoms with van der Waals surface area (Å²) >= 11 is 5.82. The van der Waals surface area contributed by atoms with Crippen LogP contribution in [0.3, 0.4) is 0 Å². The molecule has 1 aliphatic rings. The normalized spacial score (nSPS) is 17.0. The largest absolute Gasteiger partial charge is 0.341 e. The van der Waals surface area contributed by atoms with Crippen molar-refractivity contribution in [2.45, 2.75) is 12.8 Å². The number of halogens is 2. The smallest absolute Gasteiger partial charge is 0.226 e. The Morgan fingerprint density at radius 2 is 2.12 bits per heavy atom. The van der Waals surface area contributed by atoms with E-state index in [1.165, 1.54) is 0 Å². The first kappa shape index (κ1) is 13.5. The number of rotatable bonds is 2. The van der Waals surface area contributed by atoms with E-state index in [1.54, 1.807) is 12.3 Å². The molecular formula is C10H16Cl2N4. The fraction of sp³-hybridized carbons (Fsp3) is 0.600. The molecule has 6 heteroatoms. The minimum absolute atomic E-state index is 0. The van der Waals surface area contributed by atoms with Crippen molar-refractivity contribution in [1.29, 1.82) is 0 Å². The van der Waals surface area contributed by atoms with E-state index >= 15 is 0 Å². The molecule has 1 saturated heterocycles. The van der Waals surface area contributed by atoms with E-state index in [-0.39, 0.29) is 12.4 Å². The second-order valence-electron chi connectivity index (χ2n) is 3.85. The second-order valence-corrected chi connectivity index (χ2v) is 4.23. The molecule has 2 heterocycles. The van der Waals surface area contributed by atoms with Crippen LogP contribution >= 0.6 is 24.0 Å². The molecule has 1 aromatic rings. The lowest BCUT2D eigenvalue weighted by molar-refractivity contribution is 0.411. The van der Waals surface area contributed by atoms with E-state index < -0.39 is 0 Å². The summed E-state index contributed by atoms with van der Waals surface area (Å²) in [5.74, 6) is 1.39. The maximum absolute atomic E-state index is 5.82. The highest BCUT2D eigenvalue weighted by Gasteiger charge is 2.19. The molecule has 0 atom stereocenters. The molecule has 0 radical (unpaired) electrons. The first-order valence-corrected chi connectivity index (χ1v) is 5.61. The maximum atomic E-state index is 5.82. The lowest BCUT2D eigenvalue weighted by Crippen LogP contribution is -2.37. The van der Waals surface area contributed by atoms with Crippen LogP contribution in [0.1, 0.15) is 12.8 Å². The summed E-state index contributed by atoms with van der Waals surface area (Å²) in [5, 5.41) is 0.501. The number of aromatic nitrogens is 2. The second kappa shape index (κ2) is 6.23. The third kappa shape index (κ3) is 3.20. The molecular weight excluding hydrogens is 247 g/mol. The highest BCUT2D eigenvalue weighted by molar-refractivity contribution is 6.29. The van der Waals surface area contributed by atoms with Gasteiger partial charge in [-0.05, 0) is 31.4 Å². The van der Waals surface area contributed by atoms with Crippen molar-refractivity contribution in [2.75, 3.05) is 24.5 Å². The number of hydrogen-bond donors (Lipinski definition) is 1. The van der Waals surface area contributed by atoms with Crippen molar-refractivity contribution < 1.29 is 0 Å². The van der Waals surface area contributed by atoms with Crippen molar-refractivity contribution in [3.8, 4) is 0 Å². The predicted molar refractivity (Wildman–Crippen MR) is 68.3 cm³/mol. The molecule has 90 valence electrons. The van der Waals surface area contributed by atoms with Gasteiger partial charge in [0.25, 0.3) is 0 Å². The van der Waals surface area contributed by atoms with Crippen LogP contribution in [0.4, 0.5) is 5.95 Å². The zero-order valence-corrected chi connectivity index (χ0v) is 10.5. The van der Waals surface area contributed by atoms with Crippen molar-refractivity contribution in [3.63, 3.8) is 0 Å². The van der Waals surface area contributed by atoms with Gasteiger partial charge >= 0.3 is 0 Å². The summed E-state index contributed by atoms with van der Waals surface area (Å²) in [4.78, 5) is 10.6. The number of nitrogens with zero attached hydrogens (tertiary/aromatic N) is 3. The highest BCUT2D eigenvalue weighted by atomic mass is 35.5. The van der Waals surface area contributed by atoms with Crippen LogP contribution in [0, 0.1) is 5.92 Å². The summed E-state index contributed by atoms with van der Waals surface area (Å²) < 4.78 is 0. The topological polar surface area (TPSA) is 55.0 Å². The number of piperidine rings is 1. The van der Waals surface area contributed by atoms with Crippen LogP contribution < -0.4 is 10.6 Å². The SMILES string of the molecule is Cl.NCC1CCN(c2nccc(Cl)n2)CC1. The van der Waals surface area contributed by atoms with Gasteiger partial charge in [0.2, 0.25) is 5.95 Å². The molecule has 1 fully saturated rings. The monoisotopic (exact) mass is 262 g/mol. The third-order valence-corrected chi connectivity index (χ3v) is 3.05. The molecule has 1 aliphatic heterocycles. The van der Waals surface area contributed by atoms with E-state index in [1.807, 2.05) is 0 Å². The van der Waals surface area contributed by atoms with Gasteiger partial charge in [-0.3, -0.25) is 0 Å². The standard InChI is InChI=1S/C10H15ClN4.ClH/c11-9-1-4-13-10(14-9)15-5-2-8(7-12)3-6-15;/h1,4,8H,2-3,5-7,12H2;1H. The molecule has 0 aromatic carbocycles. The molecule has 0 unspecified atom stereocenters. The first-order valence-electron chi connectivity index (χ1n) is 5.23. The van der Waals surface area contributed by atoms with Crippen LogP contribution in [-0.2, 0) is 0 Å². The average molecular weight is 263 g/mol. The summed E-state index contributed by atoms with van der Waals surface area (Å²) in [6, 6.07) is 1.69. The minimum atomic E-state index is 0. The minimum Gasteiger partial charge on any atom is -0.341 e. The Balaban J connectivity index is 0.00000128. The van der Waals surface area contributed by atoms with Gasteiger partial charge in [0.15, 0.2) is 0 Å². The summed E-state index contributed by atoms with van der Waals surface area (Å²) in [5.41, 5.74) is 5.64. The van der Waals surface area contributed by atoms with E-state index in [4.69, 9.17) is 17.3 Å². The van der Waals surface area contributed by atoms with E-state index in [9.17, 15) is 0 Å². The zero-order chi connectivity index (χ0) is 10.7. The van der Waals surface area contributed by atoms with Crippen LogP contribution in [0.2, 0.25) is 5.15 Å². The predicted octanol–water partition coefficient (Wildman–Crippen LogP) is 1.73. The van der Waals surface area contributed by atoms with Gasteiger partial charge in [-0.15, -0.1) is 12.4 Å². The molecule has 2 rings (SSSR count). The highest BCUT2D eigenvalue weighted by Crippen LogP contribution is 2.20. The fourth-order valence-corrected chi connectivity index (χ4v) is 1.98. The van der Waals surface area contributed by atoms with E-state index in [2.05, 4.69) is 14.9 Å². The van der Waals surface area contributed by atoms with Crippen molar-refractivity contribution in [3.05, 3.63) is 17.4 Å². The van der Waals surface area contributed by atoms with Gasteiger partial charge in [0.05, 0.1) is 0 Å². The van der Waals surface area contributed by atoms with Crippen molar-refractivity contribution in [1.82, 2.24) is 9.97 Å². The molecule has 0 saturated carbocycles. The van der Waals surface area contributed by atoms with Crippen molar-refractivity contribution >= 4 is 30.0 Å². The number of nitrogens with two attached hydrogens (primary N) is 1. The van der Waals surface area contributed by atoms with Gasteiger partial charge in [0.1, 0.15) is 5.15 Å². The van der Waals surface area contributed by atoms with Gasteiger partial charge in [-0.25, -0.2) is 9.97 Å². The van der Waals surface area contributed by atoms with Crippen LogP contribution in [0.25, 0.3) is 0 Å². The van der Waals surface area contributed by atoms with Crippen LogP contribution in [-0.4, -0.2) is 29.6 Å². The Bertz CT molecular complexity index is 326. The van der Waals surface area contributed by atoms with Gasteiger partial charge < -0.3 is 10.6 Å². The first-order chi connectivity index (χ1) is 7.29. The maximum Gasteiger partial charge on any atom is 0.226 e. The van der Waals surface area contributed by atoms with E-state index in [0.29, 0.717) is 11.1 Å². The number of anilines is 1. The molecule has 1 aromatic heterocycles.